The summed E-state index contributed by atoms with van der Waals surface area (Å²) in [6.45, 7) is 1.86. The zero-order valence-corrected chi connectivity index (χ0v) is 17.1. The second-order valence-corrected chi connectivity index (χ2v) is 7.92. The van der Waals surface area contributed by atoms with Gasteiger partial charge in [-0.3, -0.25) is 24.1 Å². The molecule has 4 saturated heterocycles. The lowest BCUT2D eigenvalue weighted by molar-refractivity contribution is -0.330. The molecule has 0 aromatic heterocycles. The number of rotatable bonds is 8. The van der Waals surface area contributed by atoms with Gasteiger partial charge in [0.1, 0.15) is 12.2 Å². The average molecular weight is 426 g/mol. The van der Waals surface area contributed by atoms with E-state index in [2.05, 4.69) is 5.32 Å². The Balaban J connectivity index is 1.29. The highest BCUT2D eigenvalue weighted by Crippen LogP contribution is 2.54. The molecule has 0 radical (unpaired) electrons. The summed E-state index contributed by atoms with van der Waals surface area (Å²) in [6.07, 6.45) is -1.66. The Morgan fingerprint density at radius 3 is 2.20 bits per heavy atom. The van der Waals surface area contributed by atoms with Crippen LogP contribution >= 0.6 is 0 Å². The largest absolute Gasteiger partial charge is 0.466 e. The van der Waals surface area contributed by atoms with Gasteiger partial charge in [-0.05, 0) is 6.42 Å². The quantitative estimate of drug-likeness (QED) is 0.293. The third-order valence-corrected chi connectivity index (χ3v) is 6.18. The predicted molar refractivity (Wildman–Crippen MR) is 96.4 cm³/mol. The van der Waals surface area contributed by atoms with Crippen molar-refractivity contribution in [3.05, 3.63) is 0 Å². The van der Waals surface area contributed by atoms with Crippen LogP contribution in [-0.2, 0) is 42.9 Å². The second-order valence-electron chi connectivity index (χ2n) is 7.92. The molecule has 11 heteroatoms. The van der Waals surface area contributed by atoms with Crippen LogP contribution in [0.25, 0.3) is 0 Å². The van der Waals surface area contributed by atoms with Gasteiger partial charge in [-0.2, -0.15) is 0 Å². The first-order chi connectivity index (χ1) is 14.3. The highest BCUT2D eigenvalue weighted by atomic mass is 16.9. The molecule has 5 unspecified atom stereocenters. The van der Waals surface area contributed by atoms with Crippen molar-refractivity contribution in [3.63, 3.8) is 0 Å². The molecule has 0 aromatic rings. The van der Waals surface area contributed by atoms with Crippen LogP contribution in [0, 0.1) is 11.8 Å². The Morgan fingerprint density at radius 1 is 1.07 bits per heavy atom. The molecule has 0 spiro atoms. The summed E-state index contributed by atoms with van der Waals surface area (Å²) in [5.41, 5.74) is 0. The van der Waals surface area contributed by atoms with Crippen molar-refractivity contribution in [1.29, 1.82) is 0 Å². The molecule has 7 atom stereocenters. The summed E-state index contributed by atoms with van der Waals surface area (Å²) in [6, 6.07) is 0. The highest BCUT2D eigenvalue weighted by Gasteiger charge is 2.73. The fourth-order valence-corrected chi connectivity index (χ4v) is 4.68. The van der Waals surface area contributed by atoms with E-state index in [9.17, 15) is 19.2 Å². The minimum atomic E-state index is -1.21. The van der Waals surface area contributed by atoms with Gasteiger partial charge in [0.15, 0.2) is 0 Å². The summed E-state index contributed by atoms with van der Waals surface area (Å²) in [5.74, 6) is -3.73. The number of likely N-dealkylation sites (tertiary alicyclic amines) is 1. The van der Waals surface area contributed by atoms with Crippen molar-refractivity contribution >= 4 is 23.7 Å². The lowest BCUT2D eigenvalue weighted by Crippen LogP contribution is -2.46. The molecular weight excluding hydrogens is 400 g/mol. The number of hydrogen-bond donors (Lipinski definition) is 1. The van der Waals surface area contributed by atoms with Crippen molar-refractivity contribution in [2.45, 2.75) is 56.6 Å². The molecule has 30 heavy (non-hydrogen) atoms. The standard InChI is InChI=1S/C19H26N2O9/c1-19(26-3)29-15-13-11-12(14(28-13)16(15)30-19)18(25)21(17(11)24)7-4-8-27-10(23)6-5-9(22)20-2/h11-16H,4-8H2,1-3H3,(H,20,22)/t11?,12?,13-,14?,15+,16?,19?/m0/s1. The number of fused-ring (bicyclic) bond motifs is 8. The zero-order chi connectivity index (χ0) is 21.6. The van der Waals surface area contributed by atoms with E-state index in [1.165, 1.54) is 19.1 Å². The minimum absolute atomic E-state index is 0.0186. The first-order valence-electron chi connectivity index (χ1n) is 10.1. The second kappa shape index (κ2) is 7.88. The predicted octanol–water partition coefficient (Wildman–Crippen LogP) is -1.07. The molecule has 0 aliphatic carbocycles. The maximum atomic E-state index is 12.9. The van der Waals surface area contributed by atoms with Gasteiger partial charge < -0.3 is 29.0 Å². The molecule has 0 aromatic carbocycles. The van der Waals surface area contributed by atoms with Crippen LogP contribution in [0.4, 0.5) is 0 Å². The maximum Gasteiger partial charge on any atom is 0.306 e. The first kappa shape index (κ1) is 21.2. The van der Waals surface area contributed by atoms with Crippen LogP contribution in [0.15, 0.2) is 0 Å². The number of carbonyl (C=O) groups is 4. The van der Waals surface area contributed by atoms with Crippen molar-refractivity contribution in [2.24, 2.45) is 11.8 Å². The smallest absolute Gasteiger partial charge is 0.306 e. The van der Waals surface area contributed by atoms with Crippen LogP contribution in [0.1, 0.15) is 26.2 Å². The van der Waals surface area contributed by atoms with E-state index in [-0.39, 0.29) is 43.7 Å². The lowest BCUT2D eigenvalue weighted by atomic mass is 9.78. The SMILES string of the molecule is CNC(=O)CCC(=O)OCCCN1C(=O)C2C3O[C@@H](C2C1=O)[C@H]1OC(C)(OC)OC31. The fourth-order valence-electron chi connectivity index (χ4n) is 4.68. The van der Waals surface area contributed by atoms with Crippen molar-refractivity contribution in [2.75, 3.05) is 27.3 Å². The molecule has 4 aliphatic rings. The van der Waals surface area contributed by atoms with E-state index in [1.807, 2.05) is 0 Å². The molecule has 4 rings (SSSR count). The van der Waals surface area contributed by atoms with E-state index in [0.717, 1.165) is 0 Å². The van der Waals surface area contributed by atoms with Gasteiger partial charge >= 0.3 is 5.97 Å². The Labute approximate surface area is 173 Å². The van der Waals surface area contributed by atoms with Crippen LogP contribution in [0.2, 0.25) is 0 Å². The molecule has 1 N–H and O–H groups in total. The van der Waals surface area contributed by atoms with Crippen LogP contribution in [0.5, 0.6) is 0 Å². The average Bonchev–Trinajstić information content (AvgIpc) is 3.43. The summed E-state index contributed by atoms with van der Waals surface area (Å²) >= 11 is 0. The summed E-state index contributed by atoms with van der Waals surface area (Å²) in [7, 11) is 2.96. The van der Waals surface area contributed by atoms with Gasteiger partial charge in [0.25, 0.3) is 5.97 Å². The van der Waals surface area contributed by atoms with E-state index in [1.54, 1.807) is 6.92 Å². The Morgan fingerprint density at radius 2 is 1.67 bits per heavy atom. The van der Waals surface area contributed by atoms with Crippen LogP contribution in [0.3, 0.4) is 0 Å². The number of ether oxygens (including phenoxy) is 5. The number of imide groups is 1. The number of nitrogens with one attached hydrogen (secondary N) is 1. The zero-order valence-electron chi connectivity index (χ0n) is 17.1. The summed E-state index contributed by atoms with van der Waals surface area (Å²) in [5, 5.41) is 2.42. The van der Waals surface area contributed by atoms with Gasteiger partial charge in [-0.15, -0.1) is 0 Å². The fraction of sp³-hybridized carbons (Fsp3) is 0.789. The molecule has 4 heterocycles. The van der Waals surface area contributed by atoms with Gasteiger partial charge in [0.05, 0.1) is 37.1 Å². The monoisotopic (exact) mass is 426 g/mol. The molecule has 4 fully saturated rings. The van der Waals surface area contributed by atoms with Crippen molar-refractivity contribution in [3.8, 4) is 0 Å². The number of nitrogens with zero attached hydrogens (tertiary/aromatic N) is 1. The highest BCUT2D eigenvalue weighted by molar-refractivity contribution is 6.06. The third-order valence-electron chi connectivity index (χ3n) is 6.18. The Hall–Kier alpha value is -2.08. The van der Waals surface area contributed by atoms with Crippen molar-refractivity contribution < 1.29 is 42.9 Å². The van der Waals surface area contributed by atoms with Gasteiger partial charge in [-0.25, -0.2) is 0 Å². The molecule has 4 aliphatic heterocycles. The third kappa shape index (κ3) is 3.39. The molecule has 3 amide bonds. The molecule has 0 saturated carbocycles. The first-order valence-corrected chi connectivity index (χ1v) is 10.1. The van der Waals surface area contributed by atoms with Crippen molar-refractivity contribution in [1.82, 2.24) is 10.2 Å². The molecule has 2 bridgehead atoms. The normalized spacial score (nSPS) is 38.7. The number of hydrogen-bond acceptors (Lipinski definition) is 9. The summed E-state index contributed by atoms with van der Waals surface area (Å²) in [4.78, 5) is 49.8. The van der Waals surface area contributed by atoms with E-state index in [4.69, 9.17) is 23.7 Å². The van der Waals surface area contributed by atoms with Gasteiger partial charge in [0, 0.05) is 34.0 Å². The Bertz CT molecular complexity index is 720. The number of amides is 3. The molecule has 11 nitrogen and oxygen atoms in total. The van der Waals surface area contributed by atoms with E-state index < -0.39 is 48.2 Å². The summed E-state index contributed by atoms with van der Waals surface area (Å²) < 4.78 is 27.8. The number of methoxy groups -OCH3 is 1. The number of carbonyl (C=O) groups excluding carboxylic acids is 4. The van der Waals surface area contributed by atoms with Gasteiger partial charge in [-0.1, -0.05) is 0 Å². The number of esters is 1. The van der Waals surface area contributed by atoms with Crippen LogP contribution < -0.4 is 5.32 Å². The lowest BCUT2D eigenvalue weighted by Gasteiger charge is -2.24. The van der Waals surface area contributed by atoms with Gasteiger partial charge in [0.2, 0.25) is 17.7 Å². The molecular formula is C19H26N2O9. The molecule has 166 valence electrons. The van der Waals surface area contributed by atoms with Crippen LogP contribution in [-0.4, -0.2) is 86.3 Å². The maximum absolute atomic E-state index is 12.9. The topological polar surface area (TPSA) is 130 Å². The Kier molecular flexibility index (Phi) is 5.56. The van der Waals surface area contributed by atoms with E-state index in [0.29, 0.717) is 6.42 Å². The minimum Gasteiger partial charge on any atom is -0.466 e. The van der Waals surface area contributed by atoms with E-state index >= 15 is 0 Å².